The van der Waals surface area contributed by atoms with Gasteiger partial charge in [-0.25, -0.2) is 9.28 Å². The second-order valence-corrected chi connectivity index (χ2v) is 8.79. The van der Waals surface area contributed by atoms with Crippen LogP contribution in [-0.2, 0) is 11.2 Å². The number of rotatable bonds is 10. The molecule has 0 heterocycles. The minimum atomic E-state index is -1.24. The lowest BCUT2D eigenvalue weighted by Gasteiger charge is -2.42. The summed E-state index contributed by atoms with van der Waals surface area (Å²) in [6.07, 6.45) is -0.759. The van der Waals surface area contributed by atoms with E-state index >= 15 is 0 Å². The maximum Gasteiger partial charge on any atom is 0.421 e. The van der Waals surface area contributed by atoms with Crippen LogP contribution < -0.4 is 16.4 Å². The second-order valence-electron chi connectivity index (χ2n) is 8.35. The Morgan fingerprint density at radius 3 is 1.97 bits per heavy atom. The number of benzene rings is 3. The molecule has 3 aromatic carbocycles. The number of halogens is 1. The molecule has 0 spiro atoms. The monoisotopic (exact) mass is 495 g/mol. The fourth-order valence-electron chi connectivity index (χ4n) is 4.20. The highest BCUT2D eigenvalue weighted by atomic mass is 35.5. The number of hydrogen-bond donors (Lipinski definition) is 4. The summed E-state index contributed by atoms with van der Waals surface area (Å²) < 4.78 is -0.339. The number of carbonyl (C=O) groups is 2. The smallest absolute Gasteiger partial charge is 0.385 e. The molecule has 3 aromatic rings. The van der Waals surface area contributed by atoms with Crippen molar-refractivity contribution in [3.63, 3.8) is 0 Å². The normalized spacial score (nSPS) is 14.4. The standard InChI is InChI=1S/C27H31ClN4O3/c1-2-32(18-17-20-13-15-21(28)16-14-20,27(35)31-23-11-7-4-8-12-23)25(24(33)19-29)26(34)30-22-9-5-3-6-10-22/h3-16,24-25,33H,2,17-19,29H2,1H3,(H-,30,31,34,35)/p+1. The number of nitrogens with two attached hydrogens (primary N) is 1. The maximum atomic E-state index is 13.9. The number of urea groups is 1. The topological polar surface area (TPSA) is 104 Å². The molecule has 0 radical (unpaired) electrons. The molecule has 0 aliphatic rings. The third kappa shape index (κ3) is 6.68. The number of nitrogens with one attached hydrogen (secondary N) is 2. The average Bonchev–Trinajstić information content (AvgIpc) is 2.88. The molecule has 3 rings (SSSR count). The lowest BCUT2D eigenvalue weighted by molar-refractivity contribution is -0.865. The highest BCUT2D eigenvalue weighted by Crippen LogP contribution is 2.24. The van der Waals surface area contributed by atoms with Gasteiger partial charge in [0.05, 0.1) is 13.1 Å². The Balaban J connectivity index is 2.00. The largest absolute Gasteiger partial charge is 0.421 e. The minimum Gasteiger partial charge on any atom is -0.385 e. The molecule has 0 bridgehead atoms. The third-order valence-electron chi connectivity index (χ3n) is 6.15. The van der Waals surface area contributed by atoms with Gasteiger partial charge in [0.25, 0.3) is 5.91 Å². The zero-order chi connectivity index (χ0) is 25.3. The molecule has 8 heteroatoms. The predicted octanol–water partition coefficient (Wildman–Crippen LogP) is 4.28. The molecule has 0 saturated carbocycles. The van der Waals surface area contributed by atoms with Crippen molar-refractivity contribution < 1.29 is 19.2 Å². The summed E-state index contributed by atoms with van der Waals surface area (Å²) in [5.74, 6) is -0.477. The summed E-state index contributed by atoms with van der Waals surface area (Å²) in [6.45, 7) is 2.18. The molecule has 0 aromatic heterocycles. The molecule has 184 valence electrons. The number of anilines is 2. The van der Waals surface area contributed by atoms with Gasteiger partial charge in [-0.05, 0) is 48.9 Å². The number of nitrogens with zero attached hydrogens (tertiary/aromatic N) is 1. The van der Waals surface area contributed by atoms with Crippen molar-refractivity contribution in [2.45, 2.75) is 25.5 Å². The number of hydrogen-bond acceptors (Lipinski definition) is 4. The van der Waals surface area contributed by atoms with Crippen molar-refractivity contribution >= 4 is 34.9 Å². The van der Waals surface area contributed by atoms with E-state index in [1.54, 1.807) is 48.5 Å². The summed E-state index contributed by atoms with van der Waals surface area (Å²) in [7, 11) is 0. The van der Waals surface area contributed by atoms with Crippen molar-refractivity contribution in [1.82, 2.24) is 0 Å². The van der Waals surface area contributed by atoms with Gasteiger partial charge in [0.2, 0.25) is 6.04 Å². The fourth-order valence-corrected chi connectivity index (χ4v) is 4.32. The van der Waals surface area contributed by atoms with E-state index in [1.165, 1.54) is 0 Å². The lowest BCUT2D eigenvalue weighted by Crippen LogP contribution is -2.69. The first-order valence-electron chi connectivity index (χ1n) is 11.6. The van der Waals surface area contributed by atoms with Crippen LogP contribution in [0, 0.1) is 0 Å². The Morgan fingerprint density at radius 2 is 1.46 bits per heavy atom. The molecular formula is C27H32ClN4O3+. The van der Waals surface area contributed by atoms with Crippen molar-refractivity contribution in [3.8, 4) is 0 Å². The number of amides is 3. The molecule has 35 heavy (non-hydrogen) atoms. The van der Waals surface area contributed by atoms with Crippen LogP contribution in [0.2, 0.25) is 5.02 Å². The molecule has 7 nitrogen and oxygen atoms in total. The molecular weight excluding hydrogens is 464 g/mol. The highest BCUT2D eigenvalue weighted by Gasteiger charge is 2.50. The first kappa shape index (κ1) is 26.4. The molecule has 0 aliphatic heterocycles. The van der Waals surface area contributed by atoms with Gasteiger partial charge in [0.15, 0.2) is 0 Å². The van der Waals surface area contributed by atoms with Crippen LogP contribution in [0.4, 0.5) is 16.2 Å². The van der Waals surface area contributed by atoms with E-state index < -0.39 is 24.1 Å². The summed E-state index contributed by atoms with van der Waals surface area (Å²) in [4.78, 5) is 27.5. The molecule has 3 unspecified atom stereocenters. The minimum absolute atomic E-state index is 0.174. The van der Waals surface area contributed by atoms with Gasteiger partial charge < -0.3 is 16.2 Å². The summed E-state index contributed by atoms with van der Waals surface area (Å²) in [5.41, 5.74) is 7.98. The van der Waals surface area contributed by atoms with Crippen molar-refractivity contribution in [2.75, 3.05) is 30.3 Å². The van der Waals surface area contributed by atoms with Gasteiger partial charge >= 0.3 is 6.03 Å². The van der Waals surface area contributed by atoms with Crippen LogP contribution >= 0.6 is 11.6 Å². The Morgan fingerprint density at radius 1 is 0.914 bits per heavy atom. The number of para-hydroxylation sites is 2. The highest BCUT2D eigenvalue weighted by molar-refractivity contribution is 6.30. The van der Waals surface area contributed by atoms with Crippen molar-refractivity contribution in [1.29, 1.82) is 0 Å². The molecule has 3 amide bonds. The van der Waals surface area contributed by atoms with Crippen LogP contribution in [0.5, 0.6) is 0 Å². The van der Waals surface area contributed by atoms with Gasteiger partial charge in [-0.15, -0.1) is 0 Å². The zero-order valence-corrected chi connectivity index (χ0v) is 20.5. The molecule has 0 fully saturated rings. The third-order valence-corrected chi connectivity index (χ3v) is 6.41. The van der Waals surface area contributed by atoms with E-state index in [1.807, 2.05) is 43.3 Å². The van der Waals surface area contributed by atoms with E-state index in [-0.39, 0.29) is 24.1 Å². The van der Waals surface area contributed by atoms with Gasteiger partial charge in [0, 0.05) is 29.4 Å². The Kier molecular flexibility index (Phi) is 9.39. The van der Waals surface area contributed by atoms with Crippen molar-refractivity contribution in [3.05, 3.63) is 95.5 Å². The van der Waals surface area contributed by atoms with E-state index in [0.717, 1.165) is 5.56 Å². The Labute approximate surface area is 211 Å². The Bertz CT molecular complexity index is 1100. The fraction of sp³-hybridized carbons (Fsp3) is 0.259. The molecule has 0 saturated heterocycles. The predicted molar refractivity (Wildman–Crippen MR) is 140 cm³/mol. The van der Waals surface area contributed by atoms with Crippen LogP contribution in [0.15, 0.2) is 84.9 Å². The van der Waals surface area contributed by atoms with E-state index in [0.29, 0.717) is 22.8 Å². The van der Waals surface area contributed by atoms with Gasteiger partial charge in [-0.1, -0.05) is 60.1 Å². The Hall–Kier alpha value is -3.23. The van der Waals surface area contributed by atoms with Crippen LogP contribution in [0.1, 0.15) is 12.5 Å². The number of likely N-dealkylation sites (N-methyl/N-ethyl adjacent to an activating group) is 1. The van der Waals surface area contributed by atoms with Crippen molar-refractivity contribution in [2.24, 2.45) is 5.73 Å². The summed E-state index contributed by atoms with van der Waals surface area (Å²) in [5, 5.41) is 17.4. The van der Waals surface area contributed by atoms with Gasteiger partial charge in [-0.2, -0.15) is 0 Å². The zero-order valence-electron chi connectivity index (χ0n) is 19.7. The first-order chi connectivity index (χ1) is 16.9. The van der Waals surface area contributed by atoms with Crippen LogP contribution in [0.25, 0.3) is 0 Å². The number of carbonyl (C=O) groups excluding carboxylic acids is 2. The lowest BCUT2D eigenvalue weighted by atomic mass is 10.0. The molecule has 3 atom stereocenters. The molecule has 0 aliphatic carbocycles. The molecule has 5 N–H and O–H groups in total. The first-order valence-corrected chi connectivity index (χ1v) is 12.0. The average molecular weight is 496 g/mol. The summed E-state index contributed by atoms with van der Waals surface area (Å²) >= 11 is 6.03. The summed E-state index contributed by atoms with van der Waals surface area (Å²) in [6, 6.07) is 23.8. The number of aliphatic hydroxyl groups excluding tert-OH is 1. The van der Waals surface area contributed by atoms with Gasteiger partial charge in [-0.3, -0.25) is 10.1 Å². The quantitative estimate of drug-likeness (QED) is 0.315. The van der Waals surface area contributed by atoms with Gasteiger partial charge in [0.1, 0.15) is 6.10 Å². The SMILES string of the molecule is CC[N+](CCc1ccc(Cl)cc1)(C(=O)Nc1ccccc1)C(C(=O)Nc1ccccc1)C(O)CN. The number of quaternary nitrogens is 1. The van der Waals surface area contributed by atoms with Crippen LogP contribution in [-0.4, -0.2) is 53.3 Å². The van der Waals surface area contributed by atoms with E-state index in [2.05, 4.69) is 10.6 Å². The second kappa shape index (κ2) is 12.5. The van der Waals surface area contributed by atoms with E-state index in [4.69, 9.17) is 17.3 Å². The maximum absolute atomic E-state index is 13.9. The van der Waals surface area contributed by atoms with Crippen LogP contribution in [0.3, 0.4) is 0 Å². The van der Waals surface area contributed by atoms with E-state index in [9.17, 15) is 14.7 Å². The number of aliphatic hydroxyl groups is 1.